The molecule has 4 nitrogen and oxygen atoms in total. The lowest BCUT2D eigenvalue weighted by Crippen LogP contribution is -2.30. The van der Waals surface area contributed by atoms with Crippen molar-refractivity contribution in [1.82, 2.24) is 0 Å². The van der Waals surface area contributed by atoms with Gasteiger partial charge in [-0.3, -0.25) is 9.59 Å². The van der Waals surface area contributed by atoms with Crippen molar-refractivity contribution in [2.24, 2.45) is 0 Å². The van der Waals surface area contributed by atoms with Crippen LogP contribution in [0.15, 0.2) is 42.5 Å². The molecule has 0 aromatic heterocycles. The molecule has 0 aliphatic heterocycles. The van der Waals surface area contributed by atoms with Gasteiger partial charge >= 0.3 is 5.97 Å². The van der Waals surface area contributed by atoms with Gasteiger partial charge in [-0.2, -0.15) is 0 Å². The number of ether oxygens (including phenoxy) is 1. The van der Waals surface area contributed by atoms with Crippen molar-refractivity contribution in [3.05, 3.63) is 65.5 Å². The van der Waals surface area contributed by atoms with Crippen LogP contribution < -0.4 is 5.32 Å². The predicted molar refractivity (Wildman–Crippen MR) is 85.3 cm³/mol. The number of aryl methyl sites for hydroxylation is 1. The van der Waals surface area contributed by atoms with Gasteiger partial charge in [0.05, 0.1) is 0 Å². The van der Waals surface area contributed by atoms with Crippen molar-refractivity contribution in [2.75, 3.05) is 5.32 Å². The summed E-state index contributed by atoms with van der Waals surface area (Å²) >= 11 is 0. The molecule has 0 saturated carbocycles. The maximum atomic E-state index is 13.1. The summed E-state index contributed by atoms with van der Waals surface area (Å²) in [6.45, 7) is 1.37. The van der Waals surface area contributed by atoms with E-state index >= 15 is 0 Å². The molecule has 1 amide bonds. The van der Waals surface area contributed by atoms with Gasteiger partial charge in [-0.05, 0) is 43.2 Å². The van der Waals surface area contributed by atoms with E-state index in [4.69, 9.17) is 4.74 Å². The van der Waals surface area contributed by atoms with Crippen LogP contribution in [0.3, 0.4) is 0 Å². The number of hydrogen-bond donors (Lipinski definition) is 1. The highest BCUT2D eigenvalue weighted by Gasteiger charge is 2.18. The van der Waals surface area contributed by atoms with E-state index < -0.39 is 29.6 Å². The van der Waals surface area contributed by atoms with Crippen LogP contribution >= 0.6 is 0 Å². The largest absolute Gasteiger partial charge is 0.453 e. The molecule has 0 fully saturated rings. The zero-order chi connectivity index (χ0) is 18.4. The Morgan fingerprint density at radius 2 is 1.72 bits per heavy atom. The second-order valence-corrected chi connectivity index (χ2v) is 5.38. The van der Waals surface area contributed by atoms with Crippen molar-refractivity contribution >= 4 is 17.6 Å². The number of anilines is 1. The molecule has 0 spiro atoms. The molecule has 1 N–H and O–H groups in total. The Morgan fingerprint density at radius 3 is 2.36 bits per heavy atom. The number of nitrogens with one attached hydrogen (secondary N) is 1. The highest BCUT2D eigenvalue weighted by molar-refractivity contribution is 5.95. The Hall–Kier alpha value is -2.83. The molecule has 2 rings (SSSR count). The molecule has 25 heavy (non-hydrogen) atoms. The average Bonchev–Trinajstić information content (AvgIpc) is 2.57. The van der Waals surface area contributed by atoms with Crippen molar-refractivity contribution in [3.8, 4) is 0 Å². The Kier molecular flexibility index (Phi) is 6.16. The van der Waals surface area contributed by atoms with Gasteiger partial charge in [-0.25, -0.2) is 13.2 Å². The fourth-order valence-electron chi connectivity index (χ4n) is 2.02. The fraction of sp³-hybridized carbons (Fsp3) is 0.222. The first-order chi connectivity index (χ1) is 11.8. The summed E-state index contributed by atoms with van der Waals surface area (Å²) in [6, 6.07) is 8.60. The summed E-state index contributed by atoms with van der Waals surface area (Å²) in [6.07, 6.45) is -0.737. The van der Waals surface area contributed by atoms with Crippen LogP contribution in [0.1, 0.15) is 18.9 Å². The zero-order valence-corrected chi connectivity index (χ0v) is 13.4. The topological polar surface area (TPSA) is 55.4 Å². The quantitative estimate of drug-likeness (QED) is 0.809. The minimum absolute atomic E-state index is 0.0223. The van der Waals surface area contributed by atoms with Crippen LogP contribution in [0.4, 0.5) is 18.9 Å². The van der Waals surface area contributed by atoms with Crippen LogP contribution in [0.25, 0.3) is 0 Å². The van der Waals surface area contributed by atoms with Crippen molar-refractivity contribution < 1.29 is 27.5 Å². The highest BCUT2D eigenvalue weighted by Crippen LogP contribution is 2.14. The molecular weight excluding hydrogens is 335 g/mol. The molecule has 0 heterocycles. The van der Waals surface area contributed by atoms with Gasteiger partial charge in [0, 0.05) is 18.2 Å². The lowest BCUT2D eigenvalue weighted by Gasteiger charge is -2.13. The van der Waals surface area contributed by atoms with Gasteiger partial charge in [0.15, 0.2) is 17.7 Å². The molecule has 0 radical (unpaired) electrons. The monoisotopic (exact) mass is 351 g/mol. The molecule has 2 aromatic rings. The van der Waals surface area contributed by atoms with Crippen molar-refractivity contribution in [2.45, 2.75) is 25.9 Å². The summed E-state index contributed by atoms with van der Waals surface area (Å²) in [4.78, 5) is 23.7. The summed E-state index contributed by atoms with van der Waals surface area (Å²) in [5.41, 5.74) is 0.815. The molecule has 132 valence electrons. The smallest absolute Gasteiger partial charge is 0.306 e. The Bertz CT molecular complexity index is 763. The number of benzene rings is 2. The maximum absolute atomic E-state index is 13.1. The van der Waals surface area contributed by atoms with E-state index in [-0.39, 0.29) is 17.9 Å². The molecule has 1 atom stereocenters. The van der Waals surface area contributed by atoms with E-state index in [9.17, 15) is 22.8 Å². The van der Waals surface area contributed by atoms with Crippen LogP contribution in [0, 0.1) is 17.5 Å². The first kappa shape index (κ1) is 18.5. The number of hydrogen-bond acceptors (Lipinski definition) is 3. The summed E-state index contributed by atoms with van der Waals surface area (Å²) in [5, 5.41) is 2.33. The van der Waals surface area contributed by atoms with E-state index in [1.165, 1.54) is 25.1 Å². The third-order valence-electron chi connectivity index (χ3n) is 3.40. The molecule has 0 bridgehead atoms. The SMILES string of the molecule is C[C@@H](OC(=O)CCc1ccc(F)cc1)C(=O)Nc1ccc(F)c(F)c1. The number of carbonyl (C=O) groups is 2. The standard InChI is InChI=1S/C18H16F3NO3/c1-11(18(24)22-14-7-8-15(20)16(21)10-14)25-17(23)9-4-12-2-5-13(19)6-3-12/h2-3,5-8,10-11H,4,9H2,1H3,(H,22,24)/t11-/m1/s1. The highest BCUT2D eigenvalue weighted by atomic mass is 19.2. The van der Waals surface area contributed by atoms with Gasteiger partial charge in [0.2, 0.25) is 0 Å². The summed E-state index contributed by atoms with van der Waals surface area (Å²) < 4.78 is 43.7. The number of amides is 1. The fourth-order valence-corrected chi connectivity index (χ4v) is 2.02. The number of carbonyl (C=O) groups excluding carboxylic acids is 2. The Labute approximate surface area is 142 Å². The third-order valence-corrected chi connectivity index (χ3v) is 3.40. The van der Waals surface area contributed by atoms with Gasteiger partial charge in [0.1, 0.15) is 5.82 Å². The first-order valence-corrected chi connectivity index (χ1v) is 7.55. The third kappa shape index (κ3) is 5.63. The van der Waals surface area contributed by atoms with Crippen LogP contribution in [0.5, 0.6) is 0 Å². The zero-order valence-electron chi connectivity index (χ0n) is 13.4. The van der Waals surface area contributed by atoms with Crippen LogP contribution in [-0.2, 0) is 20.7 Å². The summed E-state index contributed by atoms with van der Waals surface area (Å²) in [5.74, 6) is -3.76. The molecule has 0 aliphatic carbocycles. The minimum atomic E-state index is -1.10. The lowest BCUT2D eigenvalue weighted by molar-refractivity contribution is -0.153. The molecule has 2 aromatic carbocycles. The van der Waals surface area contributed by atoms with E-state index in [0.29, 0.717) is 6.42 Å². The van der Waals surface area contributed by atoms with E-state index in [0.717, 1.165) is 17.7 Å². The van der Waals surface area contributed by atoms with Gasteiger partial charge < -0.3 is 10.1 Å². The van der Waals surface area contributed by atoms with E-state index in [2.05, 4.69) is 5.32 Å². The lowest BCUT2D eigenvalue weighted by atomic mass is 10.1. The summed E-state index contributed by atoms with van der Waals surface area (Å²) in [7, 11) is 0. The van der Waals surface area contributed by atoms with Crippen LogP contribution in [0.2, 0.25) is 0 Å². The Morgan fingerprint density at radius 1 is 1.04 bits per heavy atom. The number of esters is 1. The molecular formula is C18H16F3NO3. The molecule has 0 unspecified atom stereocenters. The number of halogens is 3. The average molecular weight is 351 g/mol. The Balaban J connectivity index is 1.82. The van der Waals surface area contributed by atoms with E-state index in [1.54, 1.807) is 12.1 Å². The van der Waals surface area contributed by atoms with Crippen LogP contribution in [-0.4, -0.2) is 18.0 Å². The molecule has 0 aliphatic rings. The van der Waals surface area contributed by atoms with Crippen molar-refractivity contribution in [1.29, 1.82) is 0 Å². The van der Waals surface area contributed by atoms with Crippen molar-refractivity contribution in [3.63, 3.8) is 0 Å². The second-order valence-electron chi connectivity index (χ2n) is 5.38. The second kappa shape index (κ2) is 8.32. The number of rotatable bonds is 6. The normalized spacial score (nSPS) is 11.7. The minimum Gasteiger partial charge on any atom is -0.453 e. The predicted octanol–water partition coefficient (Wildman–Crippen LogP) is 3.61. The molecule has 7 heteroatoms. The van der Waals surface area contributed by atoms with E-state index in [1.807, 2.05) is 0 Å². The maximum Gasteiger partial charge on any atom is 0.306 e. The molecule has 0 saturated heterocycles. The van der Waals surface area contributed by atoms with Gasteiger partial charge in [-0.15, -0.1) is 0 Å². The first-order valence-electron chi connectivity index (χ1n) is 7.55. The van der Waals surface area contributed by atoms with Gasteiger partial charge in [0.25, 0.3) is 5.91 Å². The van der Waals surface area contributed by atoms with Gasteiger partial charge in [-0.1, -0.05) is 12.1 Å².